The van der Waals surface area contributed by atoms with Crippen molar-refractivity contribution >= 4 is 10.9 Å². The topological polar surface area (TPSA) is 48.0 Å². The molecule has 1 aromatic heterocycles. The molecule has 2 aromatic rings. The van der Waals surface area contributed by atoms with Crippen LogP contribution in [0.1, 0.15) is 52.7 Å². The minimum Gasteiger partial charge on any atom is -0.395 e. The predicted molar refractivity (Wildman–Crippen MR) is 95.9 cm³/mol. The highest BCUT2D eigenvalue weighted by Gasteiger charge is 2.04. The molecule has 0 spiro atoms. The summed E-state index contributed by atoms with van der Waals surface area (Å²) in [6, 6.07) is 6.25. The van der Waals surface area contributed by atoms with Crippen molar-refractivity contribution in [2.75, 3.05) is 13.2 Å². The molecule has 0 fully saturated rings. The Kier molecular flexibility index (Phi) is 15.8. The Balaban J connectivity index is 0. The van der Waals surface area contributed by atoms with Crippen LogP contribution < -0.4 is 5.32 Å². The summed E-state index contributed by atoms with van der Waals surface area (Å²) in [6.07, 6.45) is 2.03. The molecule has 3 nitrogen and oxygen atoms in total. The second-order valence-electron chi connectivity index (χ2n) is 3.71. The smallest absolute Gasteiger partial charge is 0.0556 e. The van der Waals surface area contributed by atoms with Gasteiger partial charge in [0.2, 0.25) is 0 Å². The molecule has 122 valence electrons. The number of aryl methyl sites for hydroxylation is 1. The van der Waals surface area contributed by atoms with E-state index in [0.717, 1.165) is 6.54 Å². The van der Waals surface area contributed by atoms with E-state index in [1.807, 2.05) is 53.8 Å². The van der Waals surface area contributed by atoms with Crippen molar-refractivity contribution < 1.29 is 5.11 Å². The molecule has 21 heavy (non-hydrogen) atoms. The number of H-pyrrole nitrogens is 1. The first-order valence-corrected chi connectivity index (χ1v) is 8.20. The maximum absolute atomic E-state index is 8.70. The van der Waals surface area contributed by atoms with Gasteiger partial charge in [-0.1, -0.05) is 53.7 Å². The Morgan fingerprint density at radius 2 is 1.67 bits per heavy atom. The van der Waals surface area contributed by atoms with Crippen LogP contribution in [-0.2, 0) is 6.54 Å². The molecule has 1 aromatic carbocycles. The molecule has 1 heterocycles. The molecule has 0 amide bonds. The lowest BCUT2D eigenvalue weighted by atomic mass is 10.1. The summed E-state index contributed by atoms with van der Waals surface area (Å²) in [5.74, 6) is 0. The molecular weight excluding hydrogens is 260 g/mol. The van der Waals surface area contributed by atoms with E-state index >= 15 is 0 Å². The summed E-state index contributed by atoms with van der Waals surface area (Å²) in [6.45, 7) is 15.7. The van der Waals surface area contributed by atoms with Crippen molar-refractivity contribution in [3.05, 3.63) is 35.5 Å². The van der Waals surface area contributed by atoms with E-state index in [9.17, 15) is 0 Å². The van der Waals surface area contributed by atoms with E-state index in [4.69, 9.17) is 5.11 Å². The van der Waals surface area contributed by atoms with Crippen molar-refractivity contribution in [1.29, 1.82) is 0 Å². The van der Waals surface area contributed by atoms with Crippen LogP contribution in [0.5, 0.6) is 0 Å². The molecule has 0 bridgehead atoms. The Hall–Kier alpha value is -1.32. The summed E-state index contributed by atoms with van der Waals surface area (Å²) in [7, 11) is 0. The average Bonchev–Trinajstić information content (AvgIpc) is 2.96. The number of aromatic amines is 1. The Morgan fingerprint density at radius 3 is 2.24 bits per heavy atom. The molecular formula is C18H34N2O. The second-order valence-corrected chi connectivity index (χ2v) is 3.71. The lowest BCUT2D eigenvalue weighted by Crippen LogP contribution is -2.17. The van der Waals surface area contributed by atoms with Crippen molar-refractivity contribution in [1.82, 2.24) is 10.3 Å². The molecule has 0 aliphatic carbocycles. The fourth-order valence-corrected chi connectivity index (χ4v) is 1.89. The summed E-state index contributed by atoms with van der Waals surface area (Å²) in [4.78, 5) is 3.24. The largest absolute Gasteiger partial charge is 0.395 e. The van der Waals surface area contributed by atoms with Crippen LogP contribution >= 0.6 is 0 Å². The first-order chi connectivity index (χ1) is 10.3. The number of benzene rings is 1. The summed E-state index contributed by atoms with van der Waals surface area (Å²) >= 11 is 0. The van der Waals surface area contributed by atoms with E-state index in [-0.39, 0.29) is 6.61 Å². The Morgan fingerprint density at radius 1 is 1.05 bits per heavy atom. The Bertz CT molecular complexity index is 449. The fourth-order valence-electron chi connectivity index (χ4n) is 1.89. The van der Waals surface area contributed by atoms with Gasteiger partial charge < -0.3 is 15.4 Å². The van der Waals surface area contributed by atoms with Crippen molar-refractivity contribution in [2.45, 2.75) is 55.0 Å². The zero-order valence-electron chi connectivity index (χ0n) is 14.9. The standard InChI is InChI=1S/C12H16N2O.3C2H6/c1-9-7-14-11-4-2-3-10(12(9)11)8-13-5-6-15;3*1-2/h2-4,7,13-15H,5-6,8H2,1H3;3*1-2H3. The van der Waals surface area contributed by atoms with Crippen molar-refractivity contribution in [3.63, 3.8) is 0 Å². The van der Waals surface area contributed by atoms with E-state index in [2.05, 4.69) is 29.4 Å². The molecule has 0 aliphatic rings. The average molecular weight is 294 g/mol. The normalized spacial score (nSPS) is 8.76. The monoisotopic (exact) mass is 294 g/mol. The van der Waals surface area contributed by atoms with Crippen molar-refractivity contribution in [2.24, 2.45) is 0 Å². The second kappa shape index (κ2) is 15.1. The highest BCUT2D eigenvalue weighted by atomic mass is 16.3. The minimum absolute atomic E-state index is 0.183. The summed E-state index contributed by atoms with van der Waals surface area (Å²) in [5.41, 5.74) is 3.72. The maximum atomic E-state index is 8.70. The van der Waals surface area contributed by atoms with Gasteiger partial charge in [-0.3, -0.25) is 0 Å². The van der Waals surface area contributed by atoms with Gasteiger partial charge in [0.05, 0.1) is 6.61 Å². The van der Waals surface area contributed by atoms with Gasteiger partial charge in [0.25, 0.3) is 0 Å². The highest BCUT2D eigenvalue weighted by molar-refractivity contribution is 5.86. The Labute approximate surface area is 130 Å². The number of hydrogen-bond acceptors (Lipinski definition) is 2. The molecule has 3 N–H and O–H groups in total. The lowest BCUT2D eigenvalue weighted by Gasteiger charge is -2.05. The summed E-state index contributed by atoms with van der Waals surface area (Å²) < 4.78 is 0. The van der Waals surface area contributed by atoms with Crippen LogP contribution in [0.15, 0.2) is 24.4 Å². The van der Waals surface area contributed by atoms with Crippen LogP contribution in [-0.4, -0.2) is 23.2 Å². The number of hydrogen-bond donors (Lipinski definition) is 3. The third kappa shape index (κ3) is 7.30. The molecule has 0 radical (unpaired) electrons. The van der Waals surface area contributed by atoms with Gasteiger partial charge in [0.15, 0.2) is 0 Å². The molecule has 0 aliphatic heterocycles. The van der Waals surface area contributed by atoms with E-state index < -0.39 is 0 Å². The molecule has 0 saturated carbocycles. The molecule has 0 unspecified atom stereocenters. The van der Waals surface area contributed by atoms with Crippen LogP contribution in [0, 0.1) is 6.92 Å². The molecule has 0 atom stereocenters. The number of aliphatic hydroxyl groups excluding tert-OH is 1. The number of fused-ring (bicyclic) bond motifs is 1. The zero-order valence-corrected chi connectivity index (χ0v) is 14.9. The number of nitrogens with one attached hydrogen (secondary N) is 2. The first-order valence-electron chi connectivity index (χ1n) is 8.20. The molecule has 2 rings (SSSR count). The van der Waals surface area contributed by atoms with Gasteiger partial charge >= 0.3 is 0 Å². The maximum Gasteiger partial charge on any atom is 0.0556 e. The van der Waals surface area contributed by atoms with Crippen LogP contribution in [0.25, 0.3) is 10.9 Å². The van der Waals surface area contributed by atoms with Gasteiger partial charge in [-0.05, 0) is 24.1 Å². The fraction of sp³-hybridized carbons (Fsp3) is 0.556. The van der Waals surface area contributed by atoms with E-state index in [0.29, 0.717) is 6.54 Å². The quantitative estimate of drug-likeness (QED) is 0.720. The SMILES string of the molecule is CC.CC.CC.Cc1c[nH]c2cccc(CNCCO)c12. The van der Waals surface area contributed by atoms with Gasteiger partial charge in [0.1, 0.15) is 0 Å². The van der Waals surface area contributed by atoms with E-state index in [1.54, 1.807) is 0 Å². The van der Waals surface area contributed by atoms with Crippen LogP contribution in [0.4, 0.5) is 0 Å². The summed E-state index contributed by atoms with van der Waals surface area (Å²) in [5, 5.41) is 13.2. The molecule has 3 heteroatoms. The molecule has 0 saturated heterocycles. The van der Waals surface area contributed by atoms with Crippen molar-refractivity contribution in [3.8, 4) is 0 Å². The zero-order chi connectivity index (χ0) is 16.7. The third-order valence-electron chi connectivity index (χ3n) is 2.59. The predicted octanol–water partition coefficient (Wildman–Crippen LogP) is 4.64. The van der Waals surface area contributed by atoms with Crippen LogP contribution in [0.2, 0.25) is 0 Å². The van der Waals surface area contributed by atoms with Gasteiger partial charge in [-0.15, -0.1) is 0 Å². The number of rotatable bonds is 4. The lowest BCUT2D eigenvalue weighted by molar-refractivity contribution is 0.292. The highest BCUT2D eigenvalue weighted by Crippen LogP contribution is 2.21. The first kappa shape index (κ1) is 22.0. The number of aromatic nitrogens is 1. The third-order valence-corrected chi connectivity index (χ3v) is 2.59. The van der Waals surface area contributed by atoms with Gasteiger partial charge in [-0.2, -0.15) is 0 Å². The van der Waals surface area contributed by atoms with Crippen LogP contribution in [0.3, 0.4) is 0 Å². The number of aliphatic hydroxyl groups is 1. The van der Waals surface area contributed by atoms with Gasteiger partial charge in [-0.25, -0.2) is 0 Å². The van der Waals surface area contributed by atoms with Gasteiger partial charge in [0, 0.05) is 30.2 Å². The minimum atomic E-state index is 0.183. The van der Waals surface area contributed by atoms with E-state index in [1.165, 1.54) is 22.0 Å².